The molecule has 0 spiro atoms. The van der Waals surface area contributed by atoms with Crippen LogP contribution in [-0.4, -0.2) is 21.8 Å². The molecule has 4 rings (SSSR count). The fourth-order valence-corrected chi connectivity index (χ4v) is 3.69. The van der Waals surface area contributed by atoms with Gasteiger partial charge in [-0.15, -0.1) is 0 Å². The van der Waals surface area contributed by atoms with Gasteiger partial charge in [0.25, 0.3) is 0 Å². The highest BCUT2D eigenvalue weighted by atomic mass is 32.2. The van der Waals surface area contributed by atoms with Crippen molar-refractivity contribution < 1.29 is 22.6 Å². The molecule has 0 saturated carbocycles. The van der Waals surface area contributed by atoms with Crippen LogP contribution >= 0.6 is 0 Å². The average molecular weight is 333 g/mol. The minimum Gasteiger partial charge on any atom is -0.493 e. The third kappa shape index (κ3) is 2.73. The van der Waals surface area contributed by atoms with E-state index in [0.717, 1.165) is 23.3 Å². The summed E-state index contributed by atoms with van der Waals surface area (Å²) in [6.45, 7) is 1.02. The molecular formula is C16H15NO5S. The summed E-state index contributed by atoms with van der Waals surface area (Å²) in [5.74, 6) is 1.89. The van der Waals surface area contributed by atoms with Crippen LogP contribution in [0.5, 0.6) is 17.2 Å². The lowest BCUT2D eigenvalue weighted by molar-refractivity contribution is 0.174. The molecule has 0 bridgehead atoms. The fourth-order valence-electron chi connectivity index (χ4n) is 2.66. The zero-order valence-electron chi connectivity index (χ0n) is 12.2. The number of benzene rings is 2. The largest absolute Gasteiger partial charge is 0.493 e. The lowest BCUT2D eigenvalue weighted by Gasteiger charge is -2.08. The van der Waals surface area contributed by atoms with Crippen LogP contribution in [0.4, 0.5) is 0 Å². The third-order valence-corrected chi connectivity index (χ3v) is 5.27. The van der Waals surface area contributed by atoms with Crippen molar-refractivity contribution in [2.45, 2.75) is 17.9 Å². The molecule has 23 heavy (non-hydrogen) atoms. The first kappa shape index (κ1) is 14.3. The quantitative estimate of drug-likeness (QED) is 0.924. The molecule has 120 valence electrons. The van der Waals surface area contributed by atoms with E-state index in [1.807, 2.05) is 18.2 Å². The van der Waals surface area contributed by atoms with E-state index in [1.165, 1.54) is 12.1 Å². The van der Waals surface area contributed by atoms with Gasteiger partial charge in [-0.2, -0.15) is 0 Å². The zero-order valence-corrected chi connectivity index (χ0v) is 13.1. The predicted molar refractivity (Wildman–Crippen MR) is 82.2 cm³/mol. The van der Waals surface area contributed by atoms with Crippen molar-refractivity contribution in [1.29, 1.82) is 0 Å². The second kappa shape index (κ2) is 5.43. The van der Waals surface area contributed by atoms with Gasteiger partial charge in [-0.3, -0.25) is 0 Å². The van der Waals surface area contributed by atoms with Crippen LogP contribution in [-0.2, 0) is 23.0 Å². The normalized spacial score (nSPS) is 15.3. The maximum absolute atomic E-state index is 12.4. The van der Waals surface area contributed by atoms with Gasteiger partial charge in [-0.1, -0.05) is 12.1 Å². The van der Waals surface area contributed by atoms with Crippen molar-refractivity contribution in [3.63, 3.8) is 0 Å². The summed E-state index contributed by atoms with van der Waals surface area (Å²) < 4.78 is 43.3. The van der Waals surface area contributed by atoms with Gasteiger partial charge in [0.05, 0.1) is 11.5 Å². The Balaban J connectivity index is 1.51. The molecule has 0 aromatic heterocycles. The van der Waals surface area contributed by atoms with Crippen molar-refractivity contribution >= 4 is 10.0 Å². The summed E-state index contributed by atoms with van der Waals surface area (Å²) in [5.41, 5.74) is 2.02. The smallest absolute Gasteiger partial charge is 0.241 e. The zero-order chi connectivity index (χ0) is 15.9. The summed E-state index contributed by atoms with van der Waals surface area (Å²) in [6.07, 6.45) is 0.859. The van der Waals surface area contributed by atoms with Crippen LogP contribution < -0.4 is 18.9 Å². The molecule has 0 aliphatic carbocycles. The van der Waals surface area contributed by atoms with Crippen molar-refractivity contribution in [3.8, 4) is 17.2 Å². The number of rotatable bonds is 4. The Hall–Kier alpha value is -2.25. The first-order chi connectivity index (χ1) is 11.1. The Morgan fingerprint density at radius 2 is 1.78 bits per heavy atom. The summed E-state index contributed by atoms with van der Waals surface area (Å²) in [6, 6.07) is 10.3. The van der Waals surface area contributed by atoms with E-state index in [2.05, 4.69) is 4.72 Å². The van der Waals surface area contributed by atoms with E-state index in [-0.39, 0.29) is 18.2 Å². The molecule has 0 saturated heterocycles. The highest BCUT2D eigenvalue weighted by molar-refractivity contribution is 7.89. The molecule has 7 heteroatoms. The van der Waals surface area contributed by atoms with E-state index in [1.54, 1.807) is 6.07 Å². The Morgan fingerprint density at radius 3 is 2.70 bits per heavy atom. The van der Waals surface area contributed by atoms with Gasteiger partial charge < -0.3 is 14.2 Å². The third-order valence-electron chi connectivity index (χ3n) is 3.87. The van der Waals surface area contributed by atoms with Crippen molar-refractivity contribution in [3.05, 3.63) is 47.5 Å². The molecule has 2 heterocycles. The molecule has 0 radical (unpaired) electrons. The molecule has 2 aromatic carbocycles. The SMILES string of the molecule is O=S(=O)(NCc1ccc2c(c1)CCO2)c1ccc2c(c1)OCO2. The molecule has 2 aliphatic rings. The molecule has 0 fully saturated rings. The van der Waals surface area contributed by atoms with Crippen LogP contribution in [0.25, 0.3) is 0 Å². The van der Waals surface area contributed by atoms with Gasteiger partial charge in [-0.25, -0.2) is 13.1 Å². The Kier molecular flexibility index (Phi) is 3.39. The van der Waals surface area contributed by atoms with Crippen LogP contribution in [0.15, 0.2) is 41.3 Å². The van der Waals surface area contributed by atoms with E-state index in [9.17, 15) is 8.42 Å². The highest BCUT2D eigenvalue weighted by Gasteiger charge is 2.20. The second-order valence-corrected chi connectivity index (χ2v) is 7.15. The Morgan fingerprint density at radius 1 is 0.957 bits per heavy atom. The van der Waals surface area contributed by atoms with Gasteiger partial charge in [0.2, 0.25) is 16.8 Å². The summed E-state index contributed by atoms with van der Waals surface area (Å²) in [5, 5.41) is 0. The second-order valence-electron chi connectivity index (χ2n) is 5.38. The van der Waals surface area contributed by atoms with Gasteiger partial charge in [-0.05, 0) is 29.3 Å². The van der Waals surface area contributed by atoms with Crippen molar-refractivity contribution in [1.82, 2.24) is 4.72 Å². The first-order valence-electron chi connectivity index (χ1n) is 7.26. The predicted octanol–water partition coefficient (Wildman–Crippen LogP) is 1.83. The molecule has 2 aromatic rings. The summed E-state index contributed by atoms with van der Waals surface area (Å²) >= 11 is 0. The minimum absolute atomic E-state index is 0.115. The lowest BCUT2D eigenvalue weighted by Crippen LogP contribution is -2.23. The van der Waals surface area contributed by atoms with Crippen LogP contribution in [0.3, 0.4) is 0 Å². The summed E-state index contributed by atoms with van der Waals surface area (Å²) in [7, 11) is -3.61. The number of hydrogen-bond donors (Lipinski definition) is 1. The average Bonchev–Trinajstić information content (AvgIpc) is 3.20. The fraction of sp³-hybridized carbons (Fsp3) is 0.250. The van der Waals surface area contributed by atoms with E-state index in [0.29, 0.717) is 18.1 Å². The standard InChI is InChI=1S/C16H15NO5S/c18-23(19,13-2-4-15-16(8-13)22-10-21-15)17-9-11-1-3-14-12(7-11)5-6-20-14/h1-4,7-8,17H,5-6,9-10H2. The molecule has 0 unspecified atom stereocenters. The molecule has 2 aliphatic heterocycles. The number of fused-ring (bicyclic) bond motifs is 2. The highest BCUT2D eigenvalue weighted by Crippen LogP contribution is 2.33. The first-order valence-corrected chi connectivity index (χ1v) is 8.74. The van der Waals surface area contributed by atoms with Gasteiger partial charge in [0.1, 0.15) is 5.75 Å². The number of nitrogens with one attached hydrogen (secondary N) is 1. The van der Waals surface area contributed by atoms with Gasteiger partial charge in [0, 0.05) is 19.0 Å². The van der Waals surface area contributed by atoms with Crippen molar-refractivity contribution in [2.24, 2.45) is 0 Å². The lowest BCUT2D eigenvalue weighted by atomic mass is 10.1. The van der Waals surface area contributed by atoms with Crippen LogP contribution in [0.2, 0.25) is 0 Å². The van der Waals surface area contributed by atoms with E-state index >= 15 is 0 Å². The summed E-state index contributed by atoms with van der Waals surface area (Å²) in [4.78, 5) is 0.159. The number of sulfonamides is 1. The monoisotopic (exact) mass is 333 g/mol. The Labute approximate surface area is 134 Å². The minimum atomic E-state index is -3.61. The maximum atomic E-state index is 12.4. The van der Waals surface area contributed by atoms with Gasteiger partial charge in [0.15, 0.2) is 11.5 Å². The number of hydrogen-bond acceptors (Lipinski definition) is 5. The Bertz CT molecular complexity index is 863. The van der Waals surface area contributed by atoms with Crippen LogP contribution in [0.1, 0.15) is 11.1 Å². The van der Waals surface area contributed by atoms with Crippen LogP contribution in [0, 0.1) is 0 Å². The van der Waals surface area contributed by atoms with E-state index < -0.39 is 10.0 Å². The number of ether oxygens (including phenoxy) is 3. The molecule has 0 amide bonds. The molecule has 6 nitrogen and oxygen atoms in total. The molecule has 0 atom stereocenters. The van der Waals surface area contributed by atoms with Crippen molar-refractivity contribution in [2.75, 3.05) is 13.4 Å². The molecular weight excluding hydrogens is 318 g/mol. The topological polar surface area (TPSA) is 73.9 Å². The van der Waals surface area contributed by atoms with E-state index in [4.69, 9.17) is 14.2 Å². The molecule has 1 N–H and O–H groups in total. The maximum Gasteiger partial charge on any atom is 0.241 e. The van der Waals surface area contributed by atoms with Gasteiger partial charge >= 0.3 is 0 Å².